The molecule has 36 heavy (non-hydrogen) atoms. The highest BCUT2D eigenvalue weighted by Gasteiger charge is 2.37. The number of hydrogen-bond donors (Lipinski definition) is 3. The first-order valence-electron chi connectivity index (χ1n) is 12.2. The zero-order chi connectivity index (χ0) is 26.0. The fraction of sp³-hybridized carbons (Fsp3) is 0.560. The number of aryl methyl sites for hydroxylation is 2. The molecule has 4 rings (SSSR count). The molecule has 0 unspecified atom stereocenters. The van der Waals surface area contributed by atoms with Crippen LogP contribution < -0.4 is 10.6 Å². The second-order valence-electron chi connectivity index (χ2n) is 9.79. The molecule has 1 saturated heterocycles. The number of amides is 2. The van der Waals surface area contributed by atoms with Crippen LogP contribution in [0.1, 0.15) is 59.0 Å². The number of aliphatic hydroxyl groups is 1. The molecule has 2 amide bonds. The lowest BCUT2D eigenvalue weighted by atomic mass is 9.90. The first-order chi connectivity index (χ1) is 17.0. The third kappa shape index (κ3) is 6.07. The standard InChI is InChI=1S/C25H32F3N5O3/c1-15-10-16(2)33(31-15)20-8-6-19(7-9-20)32-13-21(22(34)14-32)30-23(35)12-29-24(36)17-4-3-5-18(11-17)25(26,27)28/h3-5,10-11,19-22,34H,6-9,12-14H2,1-2H3,(H,29,36)(H,30,35)/t19?,20?,21-,22+/m0/s1. The fourth-order valence-electron chi connectivity index (χ4n) is 5.30. The Morgan fingerprint density at radius 1 is 1.08 bits per heavy atom. The molecule has 2 heterocycles. The Balaban J connectivity index is 1.23. The van der Waals surface area contributed by atoms with E-state index >= 15 is 0 Å². The monoisotopic (exact) mass is 507 g/mol. The molecule has 1 aliphatic carbocycles. The number of carbonyl (C=O) groups is 2. The van der Waals surface area contributed by atoms with Gasteiger partial charge in [-0.1, -0.05) is 6.07 Å². The van der Waals surface area contributed by atoms with E-state index in [9.17, 15) is 27.9 Å². The molecule has 1 aromatic heterocycles. The van der Waals surface area contributed by atoms with Crippen LogP contribution in [0.4, 0.5) is 13.2 Å². The molecule has 2 aliphatic rings. The topological polar surface area (TPSA) is 99.5 Å². The van der Waals surface area contributed by atoms with Crippen LogP contribution in [0.3, 0.4) is 0 Å². The highest BCUT2D eigenvalue weighted by Crippen LogP contribution is 2.33. The van der Waals surface area contributed by atoms with E-state index in [4.69, 9.17) is 0 Å². The number of nitrogens with zero attached hydrogens (tertiary/aromatic N) is 3. The number of aromatic nitrogens is 2. The summed E-state index contributed by atoms with van der Waals surface area (Å²) in [5, 5.41) is 20.2. The molecule has 1 aromatic carbocycles. The molecule has 196 valence electrons. The number of alkyl halides is 3. The average Bonchev–Trinajstić information content (AvgIpc) is 3.37. The lowest BCUT2D eigenvalue weighted by Gasteiger charge is -2.35. The summed E-state index contributed by atoms with van der Waals surface area (Å²) in [6.45, 7) is 4.62. The van der Waals surface area contributed by atoms with Gasteiger partial charge in [0.05, 0.1) is 36.0 Å². The highest BCUT2D eigenvalue weighted by molar-refractivity contribution is 5.96. The van der Waals surface area contributed by atoms with Gasteiger partial charge in [-0.25, -0.2) is 0 Å². The first-order valence-corrected chi connectivity index (χ1v) is 12.2. The van der Waals surface area contributed by atoms with Crippen LogP contribution in [-0.4, -0.2) is 69.4 Å². The SMILES string of the molecule is Cc1cc(C)n(C2CCC(N3C[C@@H](O)[C@@H](NC(=O)CNC(=O)c4cccc(C(F)(F)F)c4)C3)CC2)n1. The van der Waals surface area contributed by atoms with Crippen molar-refractivity contribution < 1.29 is 27.9 Å². The smallest absolute Gasteiger partial charge is 0.390 e. The van der Waals surface area contributed by atoms with Crippen LogP contribution in [-0.2, 0) is 11.0 Å². The molecular formula is C25H32F3N5O3. The quantitative estimate of drug-likeness (QED) is 0.558. The minimum Gasteiger partial charge on any atom is -0.390 e. The second-order valence-corrected chi connectivity index (χ2v) is 9.79. The molecule has 2 fully saturated rings. The van der Waals surface area contributed by atoms with E-state index in [2.05, 4.69) is 38.3 Å². The van der Waals surface area contributed by atoms with Crippen molar-refractivity contribution in [3.63, 3.8) is 0 Å². The zero-order valence-corrected chi connectivity index (χ0v) is 20.4. The molecule has 0 bridgehead atoms. The van der Waals surface area contributed by atoms with Gasteiger partial charge in [0, 0.05) is 30.4 Å². The van der Waals surface area contributed by atoms with Gasteiger partial charge in [-0.15, -0.1) is 0 Å². The van der Waals surface area contributed by atoms with E-state index in [-0.39, 0.29) is 5.56 Å². The van der Waals surface area contributed by atoms with Gasteiger partial charge in [0.2, 0.25) is 5.91 Å². The highest BCUT2D eigenvalue weighted by atomic mass is 19.4. The molecule has 0 radical (unpaired) electrons. The maximum Gasteiger partial charge on any atom is 0.416 e. The van der Waals surface area contributed by atoms with Crippen molar-refractivity contribution in [1.29, 1.82) is 0 Å². The largest absolute Gasteiger partial charge is 0.416 e. The minimum atomic E-state index is -4.56. The number of aliphatic hydroxyl groups excluding tert-OH is 1. The molecule has 11 heteroatoms. The Bertz CT molecular complexity index is 1090. The van der Waals surface area contributed by atoms with Crippen molar-refractivity contribution in [2.45, 2.75) is 69.9 Å². The zero-order valence-electron chi connectivity index (χ0n) is 20.4. The molecule has 1 saturated carbocycles. The van der Waals surface area contributed by atoms with Gasteiger partial charge in [-0.05, 0) is 63.8 Å². The van der Waals surface area contributed by atoms with Crippen LogP contribution in [0.15, 0.2) is 30.3 Å². The summed E-state index contributed by atoms with van der Waals surface area (Å²) in [5.74, 6) is -1.28. The van der Waals surface area contributed by atoms with E-state index in [0.29, 0.717) is 25.2 Å². The lowest BCUT2D eigenvalue weighted by Crippen LogP contribution is -2.47. The van der Waals surface area contributed by atoms with E-state index in [1.807, 2.05) is 6.92 Å². The van der Waals surface area contributed by atoms with E-state index in [1.165, 1.54) is 6.07 Å². The number of β-amino-alcohol motifs (C(OH)–C–C–N with tert-alkyl or cyclic N) is 1. The number of halogens is 3. The van der Waals surface area contributed by atoms with Crippen LogP contribution in [0.2, 0.25) is 0 Å². The van der Waals surface area contributed by atoms with E-state index in [0.717, 1.165) is 55.3 Å². The molecule has 2 atom stereocenters. The number of carbonyl (C=O) groups excluding carboxylic acids is 2. The number of hydrogen-bond acceptors (Lipinski definition) is 5. The molecular weight excluding hydrogens is 475 g/mol. The Morgan fingerprint density at radius 2 is 1.78 bits per heavy atom. The first kappa shape index (κ1) is 26.2. The summed E-state index contributed by atoms with van der Waals surface area (Å²) >= 11 is 0. The van der Waals surface area contributed by atoms with E-state index < -0.39 is 42.2 Å². The maximum absolute atomic E-state index is 12.9. The van der Waals surface area contributed by atoms with Crippen molar-refractivity contribution in [2.24, 2.45) is 0 Å². The van der Waals surface area contributed by atoms with Gasteiger partial charge >= 0.3 is 6.18 Å². The van der Waals surface area contributed by atoms with Crippen LogP contribution in [0.5, 0.6) is 0 Å². The predicted molar refractivity (Wildman–Crippen MR) is 126 cm³/mol. The molecule has 3 N–H and O–H groups in total. The maximum atomic E-state index is 12.9. The van der Waals surface area contributed by atoms with Gasteiger partial charge in [0.1, 0.15) is 0 Å². The van der Waals surface area contributed by atoms with Gasteiger partial charge < -0.3 is 15.7 Å². The summed E-state index contributed by atoms with van der Waals surface area (Å²) in [5.41, 5.74) is 1.07. The number of benzene rings is 1. The number of nitrogens with one attached hydrogen (secondary N) is 2. The van der Waals surface area contributed by atoms with Crippen LogP contribution in [0, 0.1) is 13.8 Å². The summed E-state index contributed by atoms with van der Waals surface area (Å²) in [4.78, 5) is 26.8. The Hall–Kier alpha value is -2.92. The van der Waals surface area contributed by atoms with Gasteiger partial charge in [0.25, 0.3) is 5.91 Å². The van der Waals surface area contributed by atoms with Gasteiger partial charge in [-0.3, -0.25) is 19.2 Å². The van der Waals surface area contributed by atoms with E-state index in [1.54, 1.807) is 0 Å². The Kier molecular flexibility index (Phi) is 7.70. The number of likely N-dealkylation sites (tertiary alicyclic amines) is 1. The van der Waals surface area contributed by atoms with Crippen molar-refractivity contribution in [1.82, 2.24) is 25.3 Å². The third-order valence-corrected chi connectivity index (χ3v) is 7.10. The lowest BCUT2D eigenvalue weighted by molar-refractivity contribution is -0.137. The van der Waals surface area contributed by atoms with Crippen LogP contribution in [0.25, 0.3) is 0 Å². The minimum absolute atomic E-state index is 0.180. The van der Waals surface area contributed by atoms with Crippen molar-refractivity contribution in [2.75, 3.05) is 19.6 Å². The van der Waals surface area contributed by atoms with Crippen molar-refractivity contribution in [3.05, 3.63) is 52.8 Å². The molecule has 8 nitrogen and oxygen atoms in total. The van der Waals surface area contributed by atoms with Crippen molar-refractivity contribution >= 4 is 11.8 Å². The number of rotatable bonds is 6. The predicted octanol–water partition coefficient (Wildman–Crippen LogP) is 2.59. The molecule has 0 spiro atoms. The Morgan fingerprint density at radius 3 is 2.42 bits per heavy atom. The average molecular weight is 508 g/mol. The van der Waals surface area contributed by atoms with Gasteiger partial charge in [0.15, 0.2) is 0 Å². The fourth-order valence-corrected chi connectivity index (χ4v) is 5.30. The normalized spacial score (nSPS) is 25.1. The summed E-state index contributed by atoms with van der Waals surface area (Å²) < 4.78 is 40.7. The summed E-state index contributed by atoms with van der Waals surface area (Å²) in [6, 6.07) is 6.32. The molecule has 2 aromatic rings. The van der Waals surface area contributed by atoms with Crippen molar-refractivity contribution in [3.8, 4) is 0 Å². The second kappa shape index (κ2) is 10.6. The summed E-state index contributed by atoms with van der Waals surface area (Å²) in [7, 11) is 0. The van der Waals surface area contributed by atoms with Crippen LogP contribution >= 0.6 is 0 Å². The molecule has 1 aliphatic heterocycles. The summed E-state index contributed by atoms with van der Waals surface area (Å²) in [6.07, 6.45) is -1.35. The third-order valence-electron chi connectivity index (χ3n) is 7.10. The van der Waals surface area contributed by atoms with Gasteiger partial charge in [-0.2, -0.15) is 18.3 Å². The Labute approximate surface area is 207 Å².